The minimum atomic E-state index is -0.289. The first kappa shape index (κ1) is 25.3. The molecule has 0 radical (unpaired) electrons. The average molecular weight is 500 g/mol. The summed E-state index contributed by atoms with van der Waals surface area (Å²) in [5.74, 6) is 0.531. The molecular weight excluding hydrogens is 470 g/mol. The van der Waals surface area contributed by atoms with Crippen LogP contribution in [0.4, 0.5) is 10.5 Å². The third-order valence-corrected chi connectivity index (χ3v) is 6.40. The van der Waals surface area contributed by atoms with Crippen LogP contribution in [0.25, 0.3) is 16.8 Å². The fourth-order valence-electron chi connectivity index (χ4n) is 3.99. The molecule has 1 heterocycles. The third kappa shape index (κ3) is 6.43. The molecule has 5 nitrogen and oxygen atoms in total. The van der Waals surface area contributed by atoms with E-state index < -0.39 is 0 Å². The van der Waals surface area contributed by atoms with Crippen LogP contribution in [-0.4, -0.2) is 29.8 Å². The second kappa shape index (κ2) is 11.7. The monoisotopic (exact) mass is 499 g/mol. The fraction of sp³-hybridized carbons (Fsp3) is 0.200. The first-order valence-corrected chi connectivity index (χ1v) is 12.4. The molecule has 4 rings (SSSR count). The van der Waals surface area contributed by atoms with Crippen LogP contribution in [-0.2, 0) is 0 Å². The molecule has 3 aromatic rings. The number of nitrogens with one attached hydrogen (secondary N) is 2. The van der Waals surface area contributed by atoms with Gasteiger partial charge in [-0.2, -0.15) is 0 Å². The van der Waals surface area contributed by atoms with Gasteiger partial charge in [-0.3, -0.25) is 0 Å². The van der Waals surface area contributed by atoms with E-state index in [0.717, 1.165) is 60.4 Å². The Balaban J connectivity index is 1.55. The van der Waals surface area contributed by atoms with Crippen molar-refractivity contribution in [3.8, 4) is 16.9 Å². The van der Waals surface area contributed by atoms with Crippen molar-refractivity contribution in [2.45, 2.75) is 26.2 Å². The minimum Gasteiger partial charge on any atom is -0.410 e. The summed E-state index contributed by atoms with van der Waals surface area (Å²) in [4.78, 5) is 14.3. The molecule has 0 spiro atoms. The number of nitrogens with zero attached hydrogens (tertiary/aromatic N) is 1. The summed E-state index contributed by atoms with van der Waals surface area (Å²) >= 11 is 6.36. The van der Waals surface area contributed by atoms with Gasteiger partial charge in [-0.15, -0.1) is 0 Å². The van der Waals surface area contributed by atoms with Crippen LogP contribution in [0, 0.1) is 5.41 Å². The van der Waals surface area contributed by atoms with Crippen molar-refractivity contribution >= 4 is 34.8 Å². The zero-order chi connectivity index (χ0) is 25.5. The highest BCUT2D eigenvalue weighted by molar-refractivity contribution is 6.33. The molecule has 0 aromatic heterocycles. The van der Waals surface area contributed by atoms with Crippen LogP contribution in [0.3, 0.4) is 0 Å². The number of halogens is 1. The molecule has 3 aromatic carbocycles. The summed E-state index contributed by atoms with van der Waals surface area (Å²) in [6.45, 7) is 7.18. The van der Waals surface area contributed by atoms with Crippen molar-refractivity contribution in [2.75, 3.05) is 18.4 Å². The lowest BCUT2D eigenvalue weighted by Gasteiger charge is -2.25. The number of para-hydroxylation sites is 1. The van der Waals surface area contributed by atoms with Gasteiger partial charge in [0.15, 0.2) is 0 Å². The molecule has 184 valence electrons. The number of likely N-dealkylation sites (tertiary alicyclic amines) is 1. The Kier molecular flexibility index (Phi) is 8.24. The van der Waals surface area contributed by atoms with Gasteiger partial charge in [0, 0.05) is 18.8 Å². The van der Waals surface area contributed by atoms with Gasteiger partial charge < -0.3 is 20.4 Å². The first-order chi connectivity index (χ1) is 17.4. The second-order valence-electron chi connectivity index (χ2n) is 8.88. The van der Waals surface area contributed by atoms with Crippen molar-refractivity contribution in [3.63, 3.8) is 0 Å². The van der Waals surface area contributed by atoms with E-state index in [1.807, 2.05) is 66.7 Å². The average Bonchev–Trinajstić information content (AvgIpc) is 2.90. The van der Waals surface area contributed by atoms with Crippen LogP contribution >= 0.6 is 11.6 Å². The standard InChI is InChI=1S/C30H30ClN3O2/c1-21(2)27(32)20-29(33-28-12-5-4-11-26(28)31)23-15-13-22(14-16-23)24-9-8-10-25(19-24)36-30(35)34-17-6-3-7-18-34/h4-5,8-16,19-20,32-33H,1,3,6-7,17-18H2,2H3/b29-20-,32-27?. The number of carbonyl (C=O) groups is 1. The van der Waals surface area contributed by atoms with E-state index >= 15 is 0 Å². The second-order valence-corrected chi connectivity index (χ2v) is 9.28. The van der Waals surface area contributed by atoms with Crippen molar-refractivity contribution in [1.29, 1.82) is 5.41 Å². The predicted molar refractivity (Wildman–Crippen MR) is 149 cm³/mol. The van der Waals surface area contributed by atoms with E-state index in [0.29, 0.717) is 22.1 Å². The van der Waals surface area contributed by atoms with Gasteiger partial charge in [0.25, 0.3) is 0 Å². The number of carbonyl (C=O) groups excluding carboxylic acids is 1. The van der Waals surface area contributed by atoms with E-state index in [1.54, 1.807) is 24.0 Å². The number of anilines is 1. The zero-order valence-electron chi connectivity index (χ0n) is 20.4. The van der Waals surface area contributed by atoms with E-state index in [2.05, 4.69) is 11.9 Å². The molecule has 1 fully saturated rings. The topological polar surface area (TPSA) is 65.4 Å². The molecular formula is C30H30ClN3O2. The van der Waals surface area contributed by atoms with Gasteiger partial charge in [0.05, 0.1) is 16.4 Å². The molecule has 36 heavy (non-hydrogen) atoms. The fourth-order valence-corrected chi connectivity index (χ4v) is 4.17. The maximum absolute atomic E-state index is 12.5. The molecule has 0 aliphatic carbocycles. The van der Waals surface area contributed by atoms with E-state index in [-0.39, 0.29) is 6.09 Å². The van der Waals surface area contributed by atoms with E-state index in [9.17, 15) is 4.79 Å². The normalized spacial score (nSPS) is 13.7. The smallest absolute Gasteiger partial charge is 0.410 e. The van der Waals surface area contributed by atoms with Crippen molar-refractivity contribution in [3.05, 3.63) is 102 Å². The van der Waals surface area contributed by atoms with E-state index in [4.69, 9.17) is 21.7 Å². The van der Waals surface area contributed by atoms with Crippen LogP contribution in [0.15, 0.2) is 91.0 Å². The predicted octanol–water partition coefficient (Wildman–Crippen LogP) is 8.04. The SMILES string of the molecule is C=C(C)C(=N)/C=C(\Nc1ccccc1Cl)c1ccc(-c2cccc(OC(=O)N3CCCCC3)c2)cc1. The van der Waals surface area contributed by atoms with Crippen molar-refractivity contribution in [1.82, 2.24) is 4.90 Å². The summed E-state index contributed by atoms with van der Waals surface area (Å²) < 4.78 is 5.65. The molecule has 0 unspecified atom stereocenters. The third-order valence-electron chi connectivity index (χ3n) is 6.07. The molecule has 1 aliphatic rings. The Morgan fingerprint density at radius 3 is 2.42 bits per heavy atom. The number of hydrogen-bond donors (Lipinski definition) is 2. The molecule has 0 saturated carbocycles. The molecule has 6 heteroatoms. The lowest BCUT2D eigenvalue weighted by Crippen LogP contribution is -2.37. The molecule has 0 bridgehead atoms. The zero-order valence-corrected chi connectivity index (χ0v) is 21.1. The summed E-state index contributed by atoms with van der Waals surface area (Å²) in [6, 6.07) is 23.1. The van der Waals surface area contributed by atoms with Gasteiger partial charge in [0.1, 0.15) is 5.75 Å². The lowest BCUT2D eigenvalue weighted by atomic mass is 10.0. The Labute approximate surface area is 217 Å². The number of piperidine rings is 1. The van der Waals surface area contributed by atoms with Crippen LogP contribution in [0.2, 0.25) is 5.02 Å². The Bertz CT molecular complexity index is 1290. The quantitative estimate of drug-likeness (QED) is 0.323. The van der Waals surface area contributed by atoms with Gasteiger partial charge in [0.2, 0.25) is 0 Å². The van der Waals surface area contributed by atoms with Crippen LogP contribution in [0.5, 0.6) is 5.75 Å². The Hall–Kier alpha value is -3.83. The van der Waals surface area contributed by atoms with Gasteiger partial charge in [-0.1, -0.05) is 66.7 Å². The number of benzene rings is 3. The number of rotatable bonds is 7. The number of hydrogen-bond acceptors (Lipinski definition) is 4. The maximum Gasteiger partial charge on any atom is 0.415 e. The van der Waals surface area contributed by atoms with Crippen LogP contribution < -0.4 is 10.1 Å². The van der Waals surface area contributed by atoms with Gasteiger partial charge >= 0.3 is 6.09 Å². The Morgan fingerprint density at radius 1 is 1.00 bits per heavy atom. The Morgan fingerprint density at radius 2 is 1.72 bits per heavy atom. The van der Waals surface area contributed by atoms with Gasteiger partial charge in [-0.05, 0) is 78.8 Å². The molecule has 0 atom stereocenters. The van der Waals surface area contributed by atoms with Crippen molar-refractivity contribution in [2.24, 2.45) is 0 Å². The largest absolute Gasteiger partial charge is 0.415 e. The highest BCUT2D eigenvalue weighted by Crippen LogP contribution is 2.29. The summed E-state index contributed by atoms with van der Waals surface area (Å²) in [5.41, 5.74) is 5.33. The molecule has 1 aliphatic heterocycles. The maximum atomic E-state index is 12.5. The highest BCUT2D eigenvalue weighted by atomic mass is 35.5. The van der Waals surface area contributed by atoms with E-state index in [1.165, 1.54) is 0 Å². The molecule has 1 amide bonds. The summed E-state index contributed by atoms with van der Waals surface area (Å²) in [7, 11) is 0. The summed E-state index contributed by atoms with van der Waals surface area (Å²) in [6.07, 6.45) is 4.67. The number of amides is 1. The molecule has 1 saturated heterocycles. The molecule has 2 N–H and O–H groups in total. The number of allylic oxidation sites excluding steroid dienone is 2. The number of ether oxygens (including phenoxy) is 1. The first-order valence-electron chi connectivity index (χ1n) is 12.1. The minimum absolute atomic E-state index is 0.289. The highest BCUT2D eigenvalue weighted by Gasteiger charge is 2.18. The summed E-state index contributed by atoms with van der Waals surface area (Å²) in [5, 5.41) is 12.2. The van der Waals surface area contributed by atoms with Gasteiger partial charge in [-0.25, -0.2) is 4.79 Å². The van der Waals surface area contributed by atoms with Crippen molar-refractivity contribution < 1.29 is 9.53 Å². The van der Waals surface area contributed by atoms with Crippen LogP contribution in [0.1, 0.15) is 31.7 Å². The lowest BCUT2D eigenvalue weighted by molar-refractivity contribution is 0.142.